The van der Waals surface area contributed by atoms with Crippen LogP contribution in [-0.4, -0.2) is 35.9 Å². The van der Waals surface area contributed by atoms with Crippen LogP contribution in [-0.2, 0) is 16.1 Å². The lowest BCUT2D eigenvalue weighted by atomic mass is 10.1. The van der Waals surface area contributed by atoms with Gasteiger partial charge in [-0.1, -0.05) is 61.7 Å². The van der Waals surface area contributed by atoms with Crippen molar-refractivity contribution in [2.75, 3.05) is 13.2 Å². The van der Waals surface area contributed by atoms with Crippen LogP contribution in [0.15, 0.2) is 48.5 Å². The highest BCUT2D eigenvalue weighted by Crippen LogP contribution is 2.17. The molecule has 0 saturated heterocycles. The van der Waals surface area contributed by atoms with Gasteiger partial charge in [-0.2, -0.15) is 0 Å². The molecule has 2 aromatic rings. The van der Waals surface area contributed by atoms with Gasteiger partial charge in [-0.15, -0.1) is 0 Å². The van der Waals surface area contributed by atoms with E-state index in [0.29, 0.717) is 30.3 Å². The van der Waals surface area contributed by atoms with Crippen LogP contribution < -0.4 is 10.1 Å². The normalized spacial score (nSPS) is 11.6. The van der Waals surface area contributed by atoms with Gasteiger partial charge < -0.3 is 15.0 Å². The van der Waals surface area contributed by atoms with Crippen LogP contribution in [0.1, 0.15) is 44.2 Å². The first-order chi connectivity index (χ1) is 14.4. The van der Waals surface area contributed by atoms with Gasteiger partial charge in [0.05, 0.1) is 0 Å². The van der Waals surface area contributed by atoms with E-state index in [-0.39, 0.29) is 18.4 Å². The average molecular weight is 431 g/mol. The number of ether oxygens (including phenoxy) is 1. The predicted molar refractivity (Wildman–Crippen MR) is 121 cm³/mol. The smallest absolute Gasteiger partial charge is 0.261 e. The third-order valence-corrected chi connectivity index (χ3v) is 5.12. The molecule has 0 saturated carbocycles. The Hall–Kier alpha value is -2.53. The van der Waals surface area contributed by atoms with E-state index in [1.807, 2.05) is 50.2 Å². The zero-order valence-electron chi connectivity index (χ0n) is 18.0. The van der Waals surface area contributed by atoms with Crippen LogP contribution in [0.2, 0.25) is 5.02 Å². The van der Waals surface area contributed by atoms with Gasteiger partial charge in [0.2, 0.25) is 5.91 Å². The van der Waals surface area contributed by atoms with Gasteiger partial charge in [-0.25, -0.2) is 0 Å². The Labute approximate surface area is 184 Å². The Bertz CT molecular complexity index is 806. The van der Waals surface area contributed by atoms with Crippen LogP contribution in [0, 0.1) is 6.92 Å². The highest BCUT2D eigenvalue weighted by Gasteiger charge is 2.28. The minimum absolute atomic E-state index is 0.130. The van der Waals surface area contributed by atoms with Crippen LogP contribution >= 0.6 is 11.6 Å². The van der Waals surface area contributed by atoms with E-state index >= 15 is 0 Å². The molecule has 6 heteroatoms. The molecular weight excluding hydrogens is 400 g/mol. The number of nitrogens with zero attached hydrogens (tertiary/aromatic N) is 1. The van der Waals surface area contributed by atoms with E-state index in [1.54, 1.807) is 17.0 Å². The molecule has 0 bridgehead atoms. The lowest BCUT2D eigenvalue weighted by molar-refractivity contribution is -0.143. The van der Waals surface area contributed by atoms with Crippen LogP contribution in [0.5, 0.6) is 5.75 Å². The topological polar surface area (TPSA) is 58.6 Å². The van der Waals surface area contributed by atoms with E-state index in [2.05, 4.69) is 12.2 Å². The number of halogens is 1. The van der Waals surface area contributed by atoms with E-state index in [1.165, 1.54) is 0 Å². The van der Waals surface area contributed by atoms with Crippen molar-refractivity contribution in [3.05, 3.63) is 64.7 Å². The summed E-state index contributed by atoms with van der Waals surface area (Å²) in [6, 6.07) is 14.3. The van der Waals surface area contributed by atoms with Gasteiger partial charge >= 0.3 is 0 Å². The summed E-state index contributed by atoms with van der Waals surface area (Å²) in [5.41, 5.74) is 2.02. The second kappa shape index (κ2) is 12.2. The molecule has 0 radical (unpaired) electrons. The number of aryl methyl sites for hydroxylation is 1. The summed E-state index contributed by atoms with van der Waals surface area (Å²) in [5, 5.41) is 3.58. The van der Waals surface area contributed by atoms with Crippen molar-refractivity contribution >= 4 is 23.4 Å². The van der Waals surface area contributed by atoms with Crippen LogP contribution in [0.25, 0.3) is 0 Å². The van der Waals surface area contributed by atoms with Crippen LogP contribution in [0.4, 0.5) is 0 Å². The second-order valence-electron chi connectivity index (χ2n) is 7.32. The molecule has 0 unspecified atom stereocenters. The quantitative estimate of drug-likeness (QED) is 0.523. The van der Waals surface area contributed by atoms with Crippen molar-refractivity contribution in [3.63, 3.8) is 0 Å². The number of rotatable bonds is 11. The van der Waals surface area contributed by atoms with Gasteiger partial charge in [0.15, 0.2) is 6.61 Å². The minimum Gasteiger partial charge on any atom is -0.484 e. The van der Waals surface area contributed by atoms with E-state index in [0.717, 1.165) is 24.0 Å². The van der Waals surface area contributed by atoms with Gasteiger partial charge in [0.1, 0.15) is 11.8 Å². The number of carbonyl (C=O) groups is 2. The summed E-state index contributed by atoms with van der Waals surface area (Å²) in [4.78, 5) is 27.5. The molecule has 162 valence electrons. The van der Waals surface area contributed by atoms with Crippen LogP contribution in [0.3, 0.4) is 0 Å². The zero-order chi connectivity index (χ0) is 21.9. The van der Waals surface area contributed by atoms with E-state index < -0.39 is 6.04 Å². The molecular formula is C24H31ClN2O3. The molecule has 0 heterocycles. The van der Waals surface area contributed by atoms with Gasteiger partial charge in [-0.05, 0) is 49.6 Å². The third kappa shape index (κ3) is 7.38. The third-order valence-electron chi connectivity index (χ3n) is 4.86. The molecule has 2 rings (SSSR count). The molecule has 0 spiro atoms. The van der Waals surface area contributed by atoms with Crippen molar-refractivity contribution in [2.45, 2.75) is 52.6 Å². The zero-order valence-corrected chi connectivity index (χ0v) is 18.7. The van der Waals surface area contributed by atoms with Gasteiger partial charge in [-0.3, -0.25) is 9.59 Å². The molecule has 0 aliphatic carbocycles. The van der Waals surface area contributed by atoms with Crippen molar-refractivity contribution in [3.8, 4) is 5.75 Å². The molecule has 0 aromatic heterocycles. The maximum absolute atomic E-state index is 13.1. The van der Waals surface area contributed by atoms with Crippen molar-refractivity contribution in [1.82, 2.24) is 10.2 Å². The lowest BCUT2D eigenvalue weighted by Gasteiger charge is -2.30. The number of carbonyl (C=O) groups excluding carboxylic acids is 2. The predicted octanol–water partition coefficient (Wildman–Crippen LogP) is 4.75. The highest BCUT2D eigenvalue weighted by molar-refractivity contribution is 6.30. The number of hydrogen-bond donors (Lipinski definition) is 1. The van der Waals surface area contributed by atoms with Crippen molar-refractivity contribution in [2.24, 2.45) is 0 Å². The highest BCUT2D eigenvalue weighted by atomic mass is 35.5. The van der Waals surface area contributed by atoms with E-state index in [9.17, 15) is 9.59 Å². The summed E-state index contributed by atoms with van der Waals surface area (Å²) >= 11 is 5.99. The number of amides is 2. The average Bonchev–Trinajstić information content (AvgIpc) is 2.74. The molecule has 2 aromatic carbocycles. The summed E-state index contributed by atoms with van der Waals surface area (Å²) in [6.45, 7) is 6.76. The summed E-state index contributed by atoms with van der Waals surface area (Å²) in [5.74, 6) is 0.257. The first kappa shape index (κ1) is 23.7. The Kier molecular flexibility index (Phi) is 9.68. The molecule has 2 amide bonds. The fourth-order valence-electron chi connectivity index (χ4n) is 3.07. The summed E-state index contributed by atoms with van der Waals surface area (Å²) in [6.07, 6.45) is 2.42. The van der Waals surface area contributed by atoms with Gasteiger partial charge in [0.25, 0.3) is 5.91 Å². The Morgan fingerprint density at radius 1 is 1.07 bits per heavy atom. The number of nitrogens with one attached hydrogen (secondary N) is 1. The number of benzene rings is 2. The Morgan fingerprint density at radius 2 is 1.73 bits per heavy atom. The lowest BCUT2D eigenvalue weighted by Crippen LogP contribution is -2.50. The molecule has 0 aliphatic heterocycles. The van der Waals surface area contributed by atoms with Crippen molar-refractivity contribution in [1.29, 1.82) is 0 Å². The van der Waals surface area contributed by atoms with Gasteiger partial charge in [0, 0.05) is 18.1 Å². The molecule has 5 nitrogen and oxygen atoms in total. The number of unbranched alkanes of at least 4 members (excludes halogenated alkanes) is 1. The fraction of sp³-hybridized carbons (Fsp3) is 0.417. The molecule has 0 fully saturated rings. The fourth-order valence-corrected chi connectivity index (χ4v) is 3.20. The maximum atomic E-state index is 13.1. The minimum atomic E-state index is -0.563. The standard InChI is InChI=1S/C24H31ClN2O3/c1-4-6-15-26-24(29)22(5-2)27(16-19-9-11-20(25)12-10-19)23(28)17-30-21-13-7-18(3)8-14-21/h7-14,22H,4-6,15-17H2,1-3H3,(H,26,29)/t22-/m1/s1. The first-order valence-corrected chi connectivity index (χ1v) is 10.8. The van der Waals surface area contributed by atoms with E-state index in [4.69, 9.17) is 16.3 Å². The SMILES string of the molecule is CCCCNC(=O)[C@@H](CC)N(Cc1ccc(Cl)cc1)C(=O)COc1ccc(C)cc1. The maximum Gasteiger partial charge on any atom is 0.261 e. The summed E-state index contributed by atoms with van der Waals surface area (Å²) in [7, 11) is 0. The molecule has 0 aliphatic rings. The first-order valence-electron chi connectivity index (χ1n) is 10.5. The Morgan fingerprint density at radius 3 is 2.33 bits per heavy atom. The Balaban J connectivity index is 2.15. The molecule has 1 N–H and O–H groups in total. The number of hydrogen-bond acceptors (Lipinski definition) is 3. The monoisotopic (exact) mass is 430 g/mol. The molecule has 30 heavy (non-hydrogen) atoms. The van der Waals surface area contributed by atoms with Crippen molar-refractivity contribution < 1.29 is 14.3 Å². The molecule has 1 atom stereocenters. The second-order valence-corrected chi connectivity index (χ2v) is 7.75. The summed E-state index contributed by atoms with van der Waals surface area (Å²) < 4.78 is 5.69. The largest absolute Gasteiger partial charge is 0.484 e.